The third kappa shape index (κ3) is 3.77. The molecule has 0 radical (unpaired) electrons. The van der Waals surface area contributed by atoms with Gasteiger partial charge in [-0.25, -0.2) is 9.97 Å². The zero-order chi connectivity index (χ0) is 19.0. The van der Waals surface area contributed by atoms with Crippen LogP contribution in [0.5, 0.6) is 0 Å². The minimum Gasteiger partial charge on any atom is -0.385 e. The molecule has 4 rings (SSSR count). The van der Waals surface area contributed by atoms with E-state index < -0.39 is 0 Å². The number of hydrogen-bond donors (Lipinski definition) is 2. The zero-order valence-electron chi connectivity index (χ0n) is 15.0. The highest BCUT2D eigenvalue weighted by molar-refractivity contribution is 6.31. The van der Waals surface area contributed by atoms with Crippen molar-refractivity contribution in [3.63, 3.8) is 0 Å². The SMILES string of the molecule is CC1=CC(Nc2nc(-c3ccc(Cl)cc3)nc3cc(Cl)ccc23)=C(C)CN1. The number of dihydropyridines is 1. The van der Waals surface area contributed by atoms with Crippen molar-refractivity contribution in [3.8, 4) is 11.4 Å². The Morgan fingerprint density at radius 2 is 1.70 bits per heavy atom. The normalized spacial score (nSPS) is 14.1. The van der Waals surface area contributed by atoms with E-state index in [4.69, 9.17) is 33.2 Å². The van der Waals surface area contributed by atoms with E-state index in [9.17, 15) is 0 Å². The number of nitrogens with one attached hydrogen (secondary N) is 2. The van der Waals surface area contributed by atoms with Crippen LogP contribution >= 0.6 is 23.2 Å². The largest absolute Gasteiger partial charge is 0.385 e. The molecule has 0 spiro atoms. The fraction of sp³-hybridized carbons (Fsp3) is 0.143. The van der Waals surface area contributed by atoms with Crippen molar-refractivity contribution in [1.82, 2.24) is 15.3 Å². The molecule has 0 bridgehead atoms. The molecule has 3 aromatic rings. The van der Waals surface area contributed by atoms with E-state index in [0.29, 0.717) is 15.9 Å². The van der Waals surface area contributed by atoms with Gasteiger partial charge in [-0.1, -0.05) is 23.2 Å². The molecule has 2 aromatic carbocycles. The molecule has 4 nitrogen and oxygen atoms in total. The molecule has 1 aliphatic heterocycles. The Kier molecular flexibility index (Phi) is 4.77. The highest BCUT2D eigenvalue weighted by Gasteiger charge is 2.13. The Hall–Kier alpha value is -2.56. The number of aromatic nitrogens is 2. The molecule has 136 valence electrons. The molecular weight excluding hydrogens is 379 g/mol. The average molecular weight is 397 g/mol. The number of rotatable bonds is 3. The van der Waals surface area contributed by atoms with Crippen LogP contribution in [0.25, 0.3) is 22.3 Å². The van der Waals surface area contributed by atoms with Crippen LogP contribution in [0.3, 0.4) is 0 Å². The van der Waals surface area contributed by atoms with Gasteiger partial charge in [0.15, 0.2) is 5.82 Å². The summed E-state index contributed by atoms with van der Waals surface area (Å²) in [5.41, 5.74) is 5.06. The number of nitrogens with zero attached hydrogens (tertiary/aromatic N) is 2. The molecule has 0 amide bonds. The molecule has 27 heavy (non-hydrogen) atoms. The van der Waals surface area contributed by atoms with E-state index in [0.717, 1.165) is 40.2 Å². The van der Waals surface area contributed by atoms with Gasteiger partial charge in [0.1, 0.15) is 5.82 Å². The average Bonchev–Trinajstić information content (AvgIpc) is 2.65. The Bertz CT molecular complexity index is 1090. The van der Waals surface area contributed by atoms with E-state index in [1.54, 1.807) is 0 Å². The quantitative estimate of drug-likeness (QED) is 0.587. The van der Waals surface area contributed by atoms with Crippen molar-refractivity contribution in [2.45, 2.75) is 13.8 Å². The summed E-state index contributed by atoms with van der Waals surface area (Å²) in [6.45, 7) is 4.95. The number of halogens is 2. The molecule has 1 aliphatic rings. The molecule has 6 heteroatoms. The Morgan fingerprint density at radius 1 is 0.963 bits per heavy atom. The fourth-order valence-corrected chi connectivity index (χ4v) is 3.25. The van der Waals surface area contributed by atoms with E-state index in [1.807, 2.05) is 49.4 Å². The number of hydrogen-bond acceptors (Lipinski definition) is 4. The maximum absolute atomic E-state index is 6.20. The predicted octanol–water partition coefficient (Wildman–Crippen LogP) is 5.80. The zero-order valence-corrected chi connectivity index (χ0v) is 16.5. The van der Waals surface area contributed by atoms with Gasteiger partial charge >= 0.3 is 0 Å². The van der Waals surface area contributed by atoms with Crippen LogP contribution in [-0.2, 0) is 0 Å². The molecule has 0 saturated heterocycles. The third-order valence-electron chi connectivity index (χ3n) is 4.47. The van der Waals surface area contributed by atoms with Gasteiger partial charge in [0, 0.05) is 38.9 Å². The first kappa shape index (κ1) is 17.8. The second-order valence-corrected chi connectivity index (χ2v) is 7.44. The van der Waals surface area contributed by atoms with Gasteiger partial charge in [-0.15, -0.1) is 0 Å². The summed E-state index contributed by atoms with van der Waals surface area (Å²) in [6, 6.07) is 13.1. The van der Waals surface area contributed by atoms with Gasteiger partial charge in [0.2, 0.25) is 0 Å². The van der Waals surface area contributed by atoms with Crippen LogP contribution in [0.2, 0.25) is 10.0 Å². The van der Waals surface area contributed by atoms with E-state index in [-0.39, 0.29) is 0 Å². The Balaban J connectivity index is 1.86. The monoisotopic (exact) mass is 396 g/mol. The maximum Gasteiger partial charge on any atom is 0.162 e. The minimum atomic E-state index is 0.622. The molecule has 0 aliphatic carbocycles. The lowest BCUT2D eigenvalue weighted by Crippen LogP contribution is -2.21. The molecule has 0 fully saturated rings. The molecule has 0 unspecified atom stereocenters. The molecule has 0 saturated carbocycles. The summed E-state index contributed by atoms with van der Waals surface area (Å²) in [5, 5.41) is 9.06. The van der Waals surface area contributed by atoms with Crippen LogP contribution in [0.4, 0.5) is 5.82 Å². The first-order valence-electron chi connectivity index (χ1n) is 8.62. The molecule has 0 atom stereocenters. The van der Waals surface area contributed by atoms with Crippen molar-refractivity contribution in [3.05, 3.63) is 75.6 Å². The van der Waals surface area contributed by atoms with Crippen LogP contribution in [-0.4, -0.2) is 16.5 Å². The highest BCUT2D eigenvalue weighted by atomic mass is 35.5. The van der Waals surface area contributed by atoms with Gasteiger partial charge in [-0.3, -0.25) is 0 Å². The van der Waals surface area contributed by atoms with E-state index in [1.165, 1.54) is 5.57 Å². The van der Waals surface area contributed by atoms with Crippen LogP contribution in [0.15, 0.2) is 65.5 Å². The van der Waals surface area contributed by atoms with Crippen LogP contribution < -0.4 is 10.6 Å². The maximum atomic E-state index is 6.20. The van der Waals surface area contributed by atoms with Crippen molar-refractivity contribution in [2.24, 2.45) is 0 Å². The van der Waals surface area contributed by atoms with E-state index in [2.05, 4.69) is 23.6 Å². The summed E-state index contributed by atoms with van der Waals surface area (Å²) < 4.78 is 0. The topological polar surface area (TPSA) is 49.8 Å². The Morgan fingerprint density at radius 3 is 2.48 bits per heavy atom. The number of benzene rings is 2. The standard InChI is InChI=1S/C21H18Cl2N4/c1-12-11-24-13(2)9-18(12)25-21-17-8-7-16(23)10-19(17)26-20(27-21)14-3-5-15(22)6-4-14/h3-10,24H,11H2,1-2H3,(H,25,26,27). The second kappa shape index (κ2) is 7.22. The molecule has 1 aromatic heterocycles. The van der Waals surface area contributed by atoms with E-state index >= 15 is 0 Å². The molecule has 2 N–H and O–H groups in total. The fourth-order valence-electron chi connectivity index (χ4n) is 2.95. The lowest BCUT2D eigenvalue weighted by molar-refractivity contribution is 0.840. The molecular formula is C21H18Cl2N4. The highest BCUT2D eigenvalue weighted by Crippen LogP contribution is 2.29. The summed E-state index contributed by atoms with van der Waals surface area (Å²) in [4.78, 5) is 9.49. The van der Waals surface area contributed by atoms with Crippen LogP contribution in [0.1, 0.15) is 13.8 Å². The summed E-state index contributed by atoms with van der Waals surface area (Å²) in [7, 11) is 0. The Labute approximate surface area is 167 Å². The second-order valence-electron chi connectivity index (χ2n) is 6.56. The van der Waals surface area contributed by atoms with Crippen molar-refractivity contribution < 1.29 is 0 Å². The minimum absolute atomic E-state index is 0.622. The predicted molar refractivity (Wildman–Crippen MR) is 113 cm³/mol. The lowest BCUT2D eigenvalue weighted by atomic mass is 10.1. The first-order valence-corrected chi connectivity index (χ1v) is 9.37. The number of allylic oxidation sites excluding steroid dienone is 2. The van der Waals surface area contributed by atoms with Crippen molar-refractivity contribution >= 4 is 39.9 Å². The number of fused-ring (bicyclic) bond motifs is 1. The van der Waals surface area contributed by atoms with Crippen molar-refractivity contribution in [2.75, 3.05) is 11.9 Å². The lowest BCUT2D eigenvalue weighted by Gasteiger charge is -2.20. The number of anilines is 1. The van der Waals surface area contributed by atoms with Gasteiger partial charge in [-0.05, 0) is 68.0 Å². The summed E-state index contributed by atoms with van der Waals surface area (Å²) in [6.07, 6.45) is 2.09. The summed E-state index contributed by atoms with van der Waals surface area (Å²) >= 11 is 12.2. The first-order chi connectivity index (χ1) is 13.0. The summed E-state index contributed by atoms with van der Waals surface area (Å²) in [5.74, 6) is 1.37. The third-order valence-corrected chi connectivity index (χ3v) is 4.95. The molecule has 2 heterocycles. The smallest absolute Gasteiger partial charge is 0.162 e. The van der Waals surface area contributed by atoms with Crippen LogP contribution in [0, 0.1) is 0 Å². The van der Waals surface area contributed by atoms with Gasteiger partial charge in [0.05, 0.1) is 5.52 Å². The van der Waals surface area contributed by atoms with Gasteiger partial charge < -0.3 is 10.6 Å². The van der Waals surface area contributed by atoms with Crippen molar-refractivity contribution in [1.29, 1.82) is 0 Å². The van der Waals surface area contributed by atoms with Gasteiger partial charge in [-0.2, -0.15) is 0 Å². The van der Waals surface area contributed by atoms with Gasteiger partial charge in [0.25, 0.3) is 0 Å².